The highest BCUT2D eigenvalue weighted by molar-refractivity contribution is 14.0. The smallest absolute Gasteiger partial charge is 0.223 e. The molecule has 1 aliphatic rings. The lowest BCUT2D eigenvalue weighted by Crippen LogP contribution is -2.38. The fraction of sp³-hybridized carbons (Fsp3) is 0.440. The zero-order valence-electron chi connectivity index (χ0n) is 19.0. The minimum atomic E-state index is 0. The van der Waals surface area contributed by atoms with Crippen LogP contribution in [0.2, 0.25) is 0 Å². The van der Waals surface area contributed by atoms with Crippen molar-refractivity contribution in [3.63, 3.8) is 0 Å². The summed E-state index contributed by atoms with van der Waals surface area (Å²) >= 11 is 0. The maximum Gasteiger partial charge on any atom is 0.223 e. The van der Waals surface area contributed by atoms with E-state index in [1.54, 1.807) is 7.11 Å². The highest BCUT2D eigenvalue weighted by atomic mass is 127. The number of amides is 1. The van der Waals surface area contributed by atoms with E-state index < -0.39 is 0 Å². The van der Waals surface area contributed by atoms with E-state index in [9.17, 15) is 4.79 Å². The van der Waals surface area contributed by atoms with E-state index in [0.717, 1.165) is 50.7 Å². The number of methoxy groups -OCH3 is 1. The molecule has 2 N–H and O–H groups in total. The van der Waals surface area contributed by atoms with Gasteiger partial charge in [-0.2, -0.15) is 0 Å². The molecule has 0 saturated carbocycles. The Balaban J connectivity index is 0.00000363. The number of carbonyl (C=O) groups is 1. The number of nitrogens with one attached hydrogen (secondary N) is 2. The number of guanidine groups is 1. The Labute approximate surface area is 208 Å². The normalized spacial score (nSPS) is 15.9. The van der Waals surface area contributed by atoms with Crippen LogP contribution in [0.25, 0.3) is 0 Å². The fourth-order valence-corrected chi connectivity index (χ4v) is 3.82. The lowest BCUT2D eigenvalue weighted by Gasteiger charge is -2.16. The van der Waals surface area contributed by atoms with Crippen LogP contribution in [0.15, 0.2) is 59.6 Å². The number of ether oxygens (including phenoxy) is 1. The van der Waals surface area contributed by atoms with Gasteiger partial charge >= 0.3 is 0 Å². The van der Waals surface area contributed by atoms with Crippen molar-refractivity contribution in [3.8, 4) is 5.75 Å². The summed E-state index contributed by atoms with van der Waals surface area (Å²) in [7, 11) is 1.68. The second-order valence-corrected chi connectivity index (χ2v) is 7.89. The number of likely N-dealkylation sites (tertiary alicyclic amines) is 1. The molecule has 3 rings (SSSR count). The van der Waals surface area contributed by atoms with Gasteiger partial charge in [0.15, 0.2) is 5.96 Å². The molecule has 0 aromatic heterocycles. The van der Waals surface area contributed by atoms with Crippen LogP contribution in [0.3, 0.4) is 0 Å². The Kier molecular flexibility index (Phi) is 11.3. The van der Waals surface area contributed by atoms with Gasteiger partial charge in [0.1, 0.15) is 5.75 Å². The van der Waals surface area contributed by atoms with Crippen molar-refractivity contribution in [2.75, 3.05) is 39.8 Å². The topological polar surface area (TPSA) is 66.0 Å². The van der Waals surface area contributed by atoms with Crippen molar-refractivity contribution in [1.82, 2.24) is 15.5 Å². The van der Waals surface area contributed by atoms with Crippen LogP contribution in [0, 0.1) is 5.92 Å². The Morgan fingerprint density at radius 3 is 2.62 bits per heavy atom. The molecular formula is C25H35IN4O2. The number of hydrogen-bond donors (Lipinski definition) is 2. The Morgan fingerprint density at radius 2 is 1.88 bits per heavy atom. The summed E-state index contributed by atoms with van der Waals surface area (Å²) in [6.45, 7) is 5.87. The van der Waals surface area contributed by atoms with Gasteiger partial charge in [0.2, 0.25) is 5.91 Å². The molecule has 174 valence electrons. The summed E-state index contributed by atoms with van der Waals surface area (Å²) in [6, 6.07) is 18.4. The van der Waals surface area contributed by atoms with Crippen molar-refractivity contribution < 1.29 is 9.53 Å². The third-order valence-corrected chi connectivity index (χ3v) is 5.50. The number of benzene rings is 2. The average Bonchev–Trinajstić information content (AvgIpc) is 3.16. The third kappa shape index (κ3) is 8.33. The van der Waals surface area contributed by atoms with Crippen LogP contribution in [0.4, 0.5) is 0 Å². The quantitative estimate of drug-likeness (QED) is 0.270. The molecule has 0 radical (unpaired) electrons. The molecule has 32 heavy (non-hydrogen) atoms. The van der Waals surface area contributed by atoms with E-state index in [0.29, 0.717) is 13.0 Å². The van der Waals surface area contributed by atoms with Crippen molar-refractivity contribution in [3.05, 3.63) is 65.7 Å². The van der Waals surface area contributed by atoms with Gasteiger partial charge in [-0.05, 0) is 43.0 Å². The lowest BCUT2D eigenvalue weighted by molar-refractivity contribution is -0.127. The second kappa shape index (κ2) is 14.0. The van der Waals surface area contributed by atoms with Crippen LogP contribution in [0.5, 0.6) is 5.75 Å². The summed E-state index contributed by atoms with van der Waals surface area (Å²) in [5.74, 6) is 2.20. The van der Waals surface area contributed by atoms with E-state index >= 15 is 0 Å². The second-order valence-electron chi connectivity index (χ2n) is 7.89. The molecule has 6 nitrogen and oxygen atoms in total. The average molecular weight is 550 g/mol. The van der Waals surface area contributed by atoms with E-state index in [1.165, 1.54) is 11.1 Å². The number of carbonyl (C=O) groups excluding carboxylic acids is 1. The SMILES string of the molecule is CCNC(=NCC1CC(=O)N(CCc2ccccc2)C1)NCCc1cccc(OC)c1.I. The highest BCUT2D eigenvalue weighted by Gasteiger charge is 2.28. The maximum atomic E-state index is 12.4. The molecule has 2 aromatic carbocycles. The van der Waals surface area contributed by atoms with Gasteiger partial charge in [-0.25, -0.2) is 0 Å². The predicted octanol–water partition coefficient (Wildman–Crippen LogP) is 3.50. The third-order valence-electron chi connectivity index (χ3n) is 5.50. The first-order chi connectivity index (χ1) is 15.2. The van der Waals surface area contributed by atoms with Crippen LogP contribution < -0.4 is 15.4 Å². The van der Waals surface area contributed by atoms with Crippen LogP contribution in [-0.4, -0.2) is 56.6 Å². The van der Waals surface area contributed by atoms with E-state index in [4.69, 9.17) is 9.73 Å². The molecule has 1 fully saturated rings. The van der Waals surface area contributed by atoms with Crippen LogP contribution in [-0.2, 0) is 17.6 Å². The van der Waals surface area contributed by atoms with Crippen LogP contribution >= 0.6 is 24.0 Å². The van der Waals surface area contributed by atoms with E-state index in [2.05, 4.69) is 41.8 Å². The van der Waals surface area contributed by atoms with Gasteiger partial charge < -0.3 is 20.3 Å². The summed E-state index contributed by atoms with van der Waals surface area (Å²) in [5, 5.41) is 6.70. The molecule has 1 heterocycles. The van der Waals surface area contributed by atoms with Gasteiger partial charge in [0.05, 0.1) is 7.11 Å². The van der Waals surface area contributed by atoms with E-state index in [1.807, 2.05) is 35.2 Å². The molecule has 1 aliphatic heterocycles. The van der Waals surface area contributed by atoms with Crippen molar-refractivity contribution in [1.29, 1.82) is 0 Å². The van der Waals surface area contributed by atoms with Gasteiger partial charge in [-0.15, -0.1) is 24.0 Å². The Morgan fingerprint density at radius 1 is 1.09 bits per heavy atom. The molecule has 0 aliphatic carbocycles. The van der Waals surface area contributed by atoms with Crippen LogP contribution in [0.1, 0.15) is 24.5 Å². The van der Waals surface area contributed by atoms with Crippen molar-refractivity contribution in [2.24, 2.45) is 10.9 Å². The molecule has 1 amide bonds. The van der Waals surface area contributed by atoms with E-state index in [-0.39, 0.29) is 35.8 Å². The minimum absolute atomic E-state index is 0. The molecule has 7 heteroatoms. The Hall–Kier alpha value is -2.29. The minimum Gasteiger partial charge on any atom is -0.497 e. The molecule has 1 atom stereocenters. The van der Waals surface area contributed by atoms with Gasteiger partial charge in [-0.1, -0.05) is 42.5 Å². The molecule has 0 spiro atoms. The molecule has 2 aromatic rings. The van der Waals surface area contributed by atoms with Gasteiger partial charge in [0, 0.05) is 45.1 Å². The number of rotatable bonds is 10. The zero-order valence-corrected chi connectivity index (χ0v) is 21.4. The van der Waals surface area contributed by atoms with Crippen molar-refractivity contribution >= 4 is 35.8 Å². The molecule has 0 bridgehead atoms. The number of halogens is 1. The summed E-state index contributed by atoms with van der Waals surface area (Å²) in [6.07, 6.45) is 2.37. The Bertz CT molecular complexity index is 860. The summed E-state index contributed by atoms with van der Waals surface area (Å²) in [5.41, 5.74) is 2.49. The standard InChI is InChI=1S/C25H34N4O2.HI/c1-3-26-25(27-14-12-21-10-7-11-23(16-21)31-2)28-18-22-17-24(30)29(19-22)15-13-20-8-5-4-6-9-20;/h4-11,16,22H,3,12-15,17-19H2,1-2H3,(H2,26,27,28);1H. The maximum absolute atomic E-state index is 12.4. The summed E-state index contributed by atoms with van der Waals surface area (Å²) < 4.78 is 5.29. The highest BCUT2D eigenvalue weighted by Crippen LogP contribution is 2.18. The fourth-order valence-electron chi connectivity index (χ4n) is 3.82. The number of aliphatic imine (C=N–C) groups is 1. The lowest BCUT2D eigenvalue weighted by atomic mass is 10.1. The summed E-state index contributed by atoms with van der Waals surface area (Å²) in [4.78, 5) is 19.1. The first kappa shape index (κ1) is 26.0. The zero-order chi connectivity index (χ0) is 21.9. The first-order valence-electron chi connectivity index (χ1n) is 11.1. The number of nitrogens with zero attached hydrogens (tertiary/aromatic N) is 2. The molecule has 1 unspecified atom stereocenters. The molecule has 1 saturated heterocycles. The largest absolute Gasteiger partial charge is 0.497 e. The molecular weight excluding hydrogens is 515 g/mol. The van der Waals surface area contributed by atoms with Gasteiger partial charge in [0.25, 0.3) is 0 Å². The predicted molar refractivity (Wildman–Crippen MR) is 141 cm³/mol. The van der Waals surface area contributed by atoms with Gasteiger partial charge in [-0.3, -0.25) is 9.79 Å². The van der Waals surface area contributed by atoms with Crippen molar-refractivity contribution in [2.45, 2.75) is 26.2 Å². The monoisotopic (exact) mass is 550 g/mol. The number of hydrogen-bond acceptors (Lipinski definition) is 3. The first-order valence-corrected chi connectivity index (χ1v) is 11.1.